The molecule has 1 unspecified atom stereocenters. The van der Waals surface area contributed by atoms with E-state index in [1.807, 2.05) is 46.2 Å². The van der Waals surface area contributed by atoms with Crippen LogP contribution in [0.5, 0.6) is 0 Å². The predicted molar refractivity (Wildman–Crippen MR) is 107 cm³/mol. The van der Waals surface area contributed by atoms with Crippen molar-refractivity contribution in [2.24, 2.45) is 5.41 Å². The fourth-order valence-electron chi connectivity index (χ4n) is 4.44. The van der Waals surface area contributed by atoms with Gasteiger partial charge in [-0.05, 0) is 43.4 Å². The average molecular weight is 377 g/mol. The molecule has 0 saturated carbocycles. The number of carbonyl (C=O) groups excluding carboxylic acids is 2. The predicted octanol–water partition coefficient (Wildman–Crippen LogP) is 3.06. The van der Waals surface area contributed by atoms with Crippen molar-refractivity contribution in [2.45, 2.75) is 38.6 Å². The van der Waals surface area contributed by atoms with Gasteiger partial charge >= 0.3 is 0 Å². The van der Waals surface area contributed by atoms with Crippen molar-refractivity contribution in [1.82, 2.24) is 14.8 Å². The van der Waals surface area contributed by atoms with Gasteiger partial charge in [0.25, 0.3) is 0 Å². The number of carbonyl (C=O) groups is 2. The number of aryl methyl sites for hydroxylation is 1. The minimum Gasteiger partial charge on any atom is -0.342 e. The smallest absolute Gasteiger partial charge is 0.231 e. The zero-order chi connectivity index (χ0) is 19.4. The number of nitrogens with zero attached hydrogens (tertiary/aromatic N) is 3. The molecule has 2 aromatic rings. The van der Waals surface area contributed by atoms with Crippen LogP contribution < -0.4 is 0 Å². The third kappa shape index (κ3) is 3.93. The Kier molecular flexibility index (Phi) is 5.42. The molecule has 3 heterocycles. The van der Waals surface area contributed by atoms with Crippen molar-refractivity contribution in [3.05, 3.63) is 66.0 Å². The number of aromatic nitrogens is 1. The van der Waals surface area contributed by atoms with Crippen molar-refractivity contribution in [1.29, 1.82) is 0 Å². The summed E-state index contributed by atoms with van der Waals surface area (Å²) in [5.74, 6) is 0.376. The molecule has 28 heavy (non-hydrogen) atoms. The Labute approximate surface area is 166 Å². The number of rotatable bonds is 6. The van der Waals surface area contributed by atoms with E-state index in [-0.39, 0.29) is 17.2 Å². The summed E-state index contributed by atoms with van der Waals surface area (Å²) in [5.41, 5.74) is 1.81. The van der Waals surface area contributed by atoms with Crippen molar-refractivity contribution in [3.8, 4) is 0 Å². The lowest BCUT2D eigenvalue weighted by Gasteiger charge is -2.23. The molecule has 2 aliphatic heterocycles. The van der Waals surface area contributed by atoms with E-state index in [1.54, 1.807) is 6.20 Å². The van der Waals surface area contributed by atoms with E-state index < -0.39 is 0 Å². The van der Waals surface area contributed by atoms with Crippen LogP contribution >= 0.6 is 0 Å². The SMILES string of the molecule is O=C(CCCc1ccccc1)N1CCC2(CCN(Cc3ccccn3)C2=O)C1. The molecule has 1 aromatic heterocycles. The van der Waals surface area contributed by atoms with Gasteiger partial charge in [0, 0.05) is 32.3 Å². The summed E-state index contributed by atoms with van der Waals surface area (Å²) >= 11 is 0. The lowest BCUT2D eigenvalue weighted by Crippen LogP contribution is -2.38. The summed E-state index contributed by atoms with van der Waals surface area (Å²) < 4.78 is 0. The van der Waals surface area contributed by atoms with E-state index in [2.05, 4.69) is 17.1 Å². The molecule has 146 valence electrons. The first-order valence-electron chi connectivity index (χ1n) is 10.2. The molecule has 5 nitrogen and oxygen atoms in total. The number of hydrogen-bond donors (Lipinski definition) is 0. The first-order valence-corrected chi connectivity index (χ1v) is 10.2. The van der Waals surface area contributed by atoms with Gasteiger partial charge in [0.1, 0.15) is 0 Å². The van der Waals surface area contributed by atoms with E-state index in [0.717, 1.165) is 37.9 Å². The minimum atomic E-state index is -0.371. The van der Waals surface area contributed by atoms with Gasteiger partial charge in [-0.15, -0.1) is 0 Å². The molecule has 2 aliphatic rings. The second-order valence-electron chi connectivity index (χ2n) is 7.98. The van der Waals surface area contributed by atoms with E-state index in [4.69, 9.17) is 0 Å². The van der Waals surface area contributed by atoms with Gasteiger partial charge in [-0.25, -0.2) is 0 Å². The molecule has 4 rings (SSSR count). The fraction of sp³-hybridized carbons (Fsp3) is 0.435. The highest BCUT2D eigenvalue weighted by atomic mass is 16.2. The normalized spacial score (nSPS) is 21.6. The summed E-state index contributed by atoms with van der Waals surface area (Å²) in [4.78, 5) is 33.9. The fourth-order valence-corrected chi connectivity index (χ4v) is 4.44. The molecular formula is C23H27N3O2. The molecule has 2 saturated heterocycles. The molecule has 1 aromatic carbocycles. The molecule has 1 spiro atoms. The van der Waals surface area contributed by atoms with Gasteiger partial charge in [-0.2, -0.15) is 0 Å². The van der Waals surface area contributed by atoms with E-state index in [0.29, 0.717) is 26.1 Å². The van der Waals surface area contributed by atoms with Crippen LogP contribution in [-0.2, 0) is 22.6 Å². The Balaban J connectivity index is 1.29. The highest BCUT2D eigenvalue weighted by molar-refractivity contribution is 5.87. The van der Waals surface area contributed by atoms with Crippen LogP contribution in [0.1, 0.15) is 36.9 Å². The van der Waals surface area contributed by atoms with Crippen LogP contribution in [0.15, 0.2) is 54.7 Å². The Bertz CT molecular complexity index is 824. The average Bonchev–Trinajstić information content (AvgIpc) is 3.29. The quantitative estimate of drug-likeness (QED) is 0.777. The van der Waals surface area contributed by atoms with Gasteiger partial charge in [-0.1, -0.05) is 36.4 Å². The summed E-state index contributed by atoms with van der Waals surface area (Å²) in [6.07, 6.45) is 5.71. The maximum absolute atomic E-state index is 13.1. The van der Waals surface area contributed by atoms with Crippen molar-refractivity contribution < 1.29 is 9.59 Å². The van der Waals surface area contributed by atoms with Crippen LogP contribution in [-0.4, -0.2) is 46.2 Å². The van der Waals surface area contributed by atoms with Crippen LogP contribution in [0, 0.1) is 5.41 Å². The second-order valence-corrected chi connectivity index (χ2v) is 7.98. The second kappa shape index (κ2) is 8.13. The minimum absolute atomic E-state index is 0.184. The molecule has 1 atom stereocenters. The lowest BCUT2D eigenvalue weighted by atomic mass is 9.85. The molecular weight excluding hydrogens is 350 g/mol. The molecule has 0 aliphatic carbocycles. The topological polar surface area (TPSA) is 53.5 Å². The van der Waals surface area contributed by atoms with E-state index in [1.165, 1.54) is 5.56 Å². The highest BCUT2D eigenvalue weighted by Crippen LogP contribution is 2.41. The zero-order valence-electron chi connectivity index (χ0n) is 16.2. The summed E-state index contributed by atoms with van der Waals surface area (Å²) in [6, 6.07) is 16.1. The highest BCUT2D eigenvalue weighted by Gasteiger charge is 2.51. The molecule has 2 amide bonds. The van der Waals surface area contributed by atoms with Crippen LogP contribution in [0.2, 0.25) is 0 Å². The first-order chi connectivity index (χ1) is 13.7. The maximum atomic E-state index is 13.1. The van der Waals surface area contributed by atoms with Crippen molar-refractivity contribution >= 4 is 11.8 Å². The molecule has 0 bridgehead atoms. The van der Waals surface area contributed by atoms with Gasteiger partial charge < -0.3 is 9.80 Å². The lowest BCUT2D eigenvalue weighted by molar-refractivity contribution is -0.137. The Morgan fingerprint density at radius 2 is 1.82 bits per heavy atom. The number of pyridine rings is 1. The molecule has 0 radical (unpaired) electrons. The summed E-state index contributed by atoms with van der Waals surface area (Å²) in [5, 5.41) is 0. The third-order valence-electron chi connectivity index (χ3n) is 6.09. The van der Waals surface area contributed by atoms with E-state index >= 15 is 0 Å². The van der Waals surface area contributed by atoms with Gasteiger partial charge in [0.2, 0.25) is 11.8 Å². The Morgan fingerprint density at radius 3 is 2.61 bits per heavy atom. The number of hydrogen-bond acceptors (Lipinski definition) is 3. The van der Waals surface area contributed by atoms with Gasteiger partial charge in [-0.3, -0.25) is 14.6 Å². The number of benzene rings is 1. The van der Waals surface area contributed by atoms with Crippen LogP contribution in [0.4, 0.5) is 0 Å². The summed E-state index contributed by atoms with van der Waals surface area (Å²) in [6.45, 7) is 2.60. The van der Waals surface area contributed by atoms with Crippen LogP contribution in [0.25, 0.3) is 0 Å². The van der Waals surface area contributed by atoms with E-state index in [9.17, 15) is 9.59 Å². The number of likely N-dealkylation sites (tertiary alicyclic amines) is 2. The largest absolute Gasteiger partial charge is 0.342 e. The standard InChI is InChI=1S/C23H27N3O2/c27-21(11-6-9-19-7-2-1-3-8-19)26-16-13-23(18-26)12-15-25(22(23)28)17-20-10-4-5-14-24-20/h1-5,7-8,10,14H,6,9,11-13,15-18H2. The Morgan fingerprint density at radius 1 is 1.04 bits per heavy atom. The number of amides is 2. The van der Waals surface area contributed by atoms with Crippen LogP contribution in [0.3, 0.4) is 0 Å². The first kappa shape index (κ1) is 18.7. The monoisotopic (exact) mass is 377 g/mol. The molecule has 2 fully saturated rings. The molecule has 0 N–H and O–H groups in total. The molecule has 5 heteroatoms. The summed E-state index contributed by atoms with van der Waals surface area (Å²) in [7, 11) is 0. The van der Waals surface area contributed by atoms with Gasteiger partial charge in [0.15, 0.2) is 0 Å². The third-order valence-corrected chi connectivity index (χ3v) is 6.09. The van der Waals surface area contributed by atoms with Crippen molar-refractivity contribution in [2.75, 3.05) is 19.6 Å². The van der Waals surface area contributed by atoms with Crippen molar-refractivity contribution in [3.63, 3.8) is 0 Å². The zero-order valence-corrected chi connectivity index (χ0v) is 16.2. The maximum Gasteiger partial charge on any atom is 0.231 e. The Hall–Kier alpha value is -2.69. The van der Waals surface area contributed by atoms with Gasteiger partial charge in [0.05, 0.1) is 17.7 Å².